The molecular formula is C44H29F2N7O8. The molecule has 0 radical (unpaired) electrons. The van der Waals surface area contributed by atoms with Crippen LogP contribution in [-0.2, 0) is 9.59 Å². The maximum atomic E-state index is 13.8. The molecule has 1 aliphatic heterocycles. The Morgan fingerprint density at radius 2 is 1.26 bits per heavy atom. The van der Waals surface area contributed by atoms with Crippen molar-refractivity contribution in [3.05, 3.63) is 200 Å². The molecule has 6 aromatic rings. The molecular weight excluding hydrogens is 793 g/mol. The number of allylic oxidation sites excluding steroid dienone is 4. The summed E-state index contributed by atoms with van der Waals surface area (Å²) in [5, 5.41) is 18.1. The molecule has 6 amide bonds. The van der Waals surface area contributed by atoms with Crippen LogP contribution in [0.15, 0.2) is 155 Å². The maximum Gasteiger partial charge on any atom is 0.335 e. The number of hydrogen-bond acceptors (Lipinski definition) is 9. The number of aromatic amines is 1. The summed E-state index contributed by atoms with van der Waals surface area (Å²) in [5.41, 5.74) is -1.35. The van der Waals surface area contributed by atoms with Crippen molar-refractivity contribution >= 4 is 58.4 Å². The molecule has 0 unspecified atom stereocenters. The quantitative estimate of drug-likeness (QED) is 0.0649. The Labute approximate surface area is 342 Å². The van der Waals surface area contributed by atoms with Gasteiger partial charge in [-0.15, -0.1) is 0 Å². The number of amides is 6. The van der Waals surface area contributed by atoms with Crippen LogP contribution in [0.4, 0.5) is 30.6 Å². The molecule has 61 heavy (non-hydrogen) atoms. The number of barbiturate groups is 1. The number of rotatable bonds is 10. The molecule has 2 aromatic heterocycles. The van der Waals surface area contributed by atoms with E-state index in [1.165, 1.54) is 103 Å². The van der Waals surface area contributed by atoms with E-state index < -0.39 is 64.0 Å². The first-order valence-corrected chi connectivity index (χ1v) is 18.0. The minimum absolute atomic E-state index is 0.00154. The third kappa shape index (κ3) is 9.00. The van der Waals surface area contributed by atoms with E-state index in [1.54, 1.807) is 12.1 Å². The number of hydrogen-bond donors (Lipinski definition) is 5. The molecule has 3 heterocycles. The van der Waals surface area contributed by atoms with Crippen LogP contribution in [0.5, 0.6) is 5.88 Å². The third-order valence-corrected chi connectivity index (χ3v) is 9.03. The van der Waals surface area contributed by atoms with Crippen LogP contribution in [0.2, 0.25) is 0 Å². The second-order valence-electron chi connectivity index (χ2n) is 13.0. The van der Waals surface area contributed by atoms with Gasteiger partial charge in [0.1, 0.15) is 22.8 Å². The summed E-state index contributed by atoms with van der Waals surface area (Å²) in [6.45, 7) is 0. The highest BCUT2D eigenvalue weighted by Gasteiger charge is 2.36. The van der Waals surface area contributed by atoms with Crippen LogP contribution >= 0.6 is 0 Å². The van der Waals surface area contributed by atoms with Crippen molar-refractivity contribution in [2.45, 2.75) is 0 Å². The lowest BCUT2D eigenvalue weighted by molar-refractivity contribution is -0.122. The molecule has 0 spiro atoms. The first-order chi connectivity index (χ1) is 29.4. The van der Waals surface area contributed by atoms with Crippen LogP contribution in [-0.4, -0.2) is 49.3 Å². The average Bonchev–Trinajstić information content (AvgIpc) is 3.23. The van der Waals surface area contributed by atoms with Crippen molar-refractivity contribution < 1.29 is 37.9 Å². The Bertz CT molecular complexity index is 2960. The molecule has 0 aliphatic carbocycles. The Balaban J connectivity index is 1.18. The van der Waals surface area contributed by atoms with Gasteiger partial charge in [0.25, 0.3) is 29.2 Å². The Morgan fingerprint density at radius 1 is 0.705 bits per heavy atom. The van der Waals surface area contributed by atoms with Crippen molar-refractivity contribution in [2.24, 2.45) is 0 Å². The average molecular weight is 822 g/mol. The number of halogens is 2. The zero-order valence-electron chi connectivity index (χ0n) is 31.3. The van der Waals surface area contributed by atoms with Gasteiger partial charge in [0, 0.05) is 34.9 Å². The standard InChI is InChI=1S/C44H29F2N7O8/c45-29-13-7-27(8-14-29)37(54)48-31-3-1-5-33(23-31)52-41(58)35(39(56)50-43(52)60)17-11-25(26-19-21-47-22-20-26)12-18-36-40(57)51-44(61)53(42(36)59)34-6-2-4-32(24-34)49-38(55)28-9-15-30(46)16-10-28/h1-24,56H,(H,48,54)(H,49,55)(H,50,60)(H,51,57,61)/b17-11+,25-12-,36-18-. The number of anilines is 3. The monoisotopic (exact) mass is 821 g/mol. The predicted molar refractivity (Wildman–Crippen MR) is 220 cm³/mol. The highest BCUT2D eigenvalue weighted by molar-refractivity contribution is 6.37. The van der Waals surface area contributed by atoms with Crippen LogP contribution in [0.25, 0.3) is 17.3 Å². The van der Waals surface area contributed by atoms with E-state index >= 15 is 0 Å². The van der Waals surface area contributed by atoms with Gasteiger partial charge in [-0.25, -0.2) is 27.8 Å². The second kappa shape index (κ2) is 17.3. The van der Waals surface area contributed by atoms with E-state index in [2.05, 4.69) is 25.9 Å². The largest absolute Gasteiger partial charge is 0.494 e. The first kappa shape index (κ1) is 40.3. The molecule has 0 atom stereocenters. The van der Waals surface area contributed by atoms with Gasteiger partial charge in [-0.2, -0.15) is 0 Å². The summed E-state index contributed by atoms with van der Waals surface area (Å²) in [4.78, 5) is 99.0. The van der Waals surface area contributed by atoms with E-state index in [0.717, 1.165) is 34.9 Å². The third-order valence-electron chi connectivity index (χ3n) is 9.03. The molecule has 0 saturated carbocycles. The van der Waals surface area contributed by atoms with Gasteiger partial charge < -0.3 is 15.7 Å². The van der Waals surface area contributed by atoms with Crippen molar-refractivity contribution in [1.82, 2.24) is 19.9 Å². The Kier molecular flexibility index (Phi) is 11.5. The zero-order valence-corrected chi connectivity index (χ0v) is 31.3. The predicted octanol–water partition coefficient (Wildman–Crippen LogP) is 5.72. The number of urea groups is 1. The summed E-state index contributed by atoms with van der Waals surface area (Å²) >= 11 is 0. The highest BCUT2D eigenvalue weighted by Crippen LogP contribution is 2.26. The number of carbonyl (C=O) groups excluding carboxylic acids is 5. The van der Waals surface area contributed by atoms with Crippen LogP contribution in [0.3, 0.4) is 0 Å². The second-order valence-corrected chi connectivity index (χ2v) is 13.0. The molecule has 5 N–H and O–H groups in total. The summed E-state index contributed by atoms with van der Waals surface area (Å²) in [5.74, 6) is -5.02. The Morgan fingerprint density at radius 3 is 1.85 bits per heavy atom. The number of aromatic hydroxyl groups is 1. The van der Waals surface area contributed by atoms with Crippen molar-refractivity contribution in [3.63, 3.8) is 0 Å². The zero-order chi connectivity index (χ0) is 43.2. The number of carbonyl (C=O) groups is 5. The number of aromatic nitrogens is 3. The van der Waals surface area contributed by atoms with E-state index in [-0.39, 0.29) is 45.0 Å². The fraction of sp³-hybridized carbons (Fsp3) is 0. The number of benzene rings is 4. The van der Waals surface area contributed by atoms with Crippen molar-refractivity contribution in [3.8, 4) is 11.6 Å². The number of nitrogens with zero attached hydrogens (tertiary/aromatic N) is 3. The summed E-state index contributed by atoms with van der Waals surface area (Å²) in [7, 11) is 0. The minimum atomic E-state index is -1.06. The molecule has 7 rings (SSSR count). The van der Waals surface area contributed by atoms with Gasteiger partial charge in [-0.05, 0) is 120 Å². The fourth-order valence-electron chi connectivity index (χ4n) is 6.03. The molecule has 1 aliphatic rings. The van der Waals surface area contributed by atoms with Gasteiger partial charge in [0.15, 0.2) is 0 Å². The Hall–Kier alpha value is -8.86. The van der Waals surface area contributed by atoms with E-state index in [0.29, 0.717) is 10.5 Å². The topological polar surface area (TPSA) is 213 Å². The van der Waals surface area contributed by atoms with Crippen LogP contribution < -0.4 is 32.1 Å². The van der Waals surface area contributed by atoms with Gasteiger partial charge in [0.2, 0.25) is 5.88 Å². The van der Waals surface area contributed by atoms with E-state index in [4.69, 9.17) is 0 Å². The molecule has 1 saturated heterocycles. The molecule has 15 nitrogen and oxygen atoms in total. The molecule has 302 valence electrons. The smallest absolute Gasteiger partial charge is 0.335 e. The molecule has 0 bridgehead atoms. The highest BCUT2D eigenvalue weighted by atomic mass is 19.1. The van der Waals surface area contributed by atoms with Gasteiger partial charge in [0.05, 0.1) is 11.4 Å². The van der Waals surface area contributed by atoms with Crippen LogP contribution in [0, 0.1) is 11.6 Å². The molecule has 17 heteroatoms. The van der Waals surface area contributed by atoms with Crippen molar-refractivity contribution in [1.29, 1.82) is 0 Å². The normalized spacial score (nSPS) is 13.7. The minimum Gasteiger partial charge on any atom is -0.494 e. The summed E-state index contributed by atoms with van der Waals surface area (Å²) in [6, 6.07) is 23.2. The number of imide groups is 2. The van der Waals surface area contributed by atoms with Gasteiger partial charge in [-0.1, -0.05) is 24.3 Å². The number of nitrogens with one attached hydrogen (secondary N) is 4. The van der Waals surface area contributed by atoms with Crippen molar-refractivity contribution in [2.75, 3.05) is 15.5 Å². The molecule has 4 aromatic carbocycles. The van der Waals surface area contributed by atoms with E-state index in [9.17, 15) is 47.4 Å². The number of H-pyrrole nitrogens is 1. The first-order valence-electron chi connectivity index (χ1n) is 18.0. The van der Waals surface area contributed by atoms with Gasteiger partial charge >= 0.3 is 11.7 Å². The van der Waals surface area contributed by atoms with Gasteiger partial charge in [-0.3, -0.25) is 39.3 Å². The fourth-order valence-corrected chi connectivity index (χ4v) is 6.03. The SMILES string of the molecule is O=C1NC(=O)N(c2cccc(NC(=O)c3ccc(F)cc3)c2)C(=O)\C1=C/C=C(/C=C/c1c(O)[nH]c(=O)n(-c2cccc(NC(=O)c3ccc(F)cc3)c2)c1=O)c1ccncc1. The lowest BCUT2D eigenvalue weighted by Crippen LogP contribution is -2.54. The maximum absolute atomic E-state index is 13.8. The van der Waals surface area contributed by atoms with E-state index in [1.807, 2.05) is 0 Å². The number of pyridine rings is 1. The lowest BCUT2D eigenvalue weighted by atomic mass is 10.0. The summed E-state index contributed by atoms with van der Waals surface area (Å²) < 4.78 is 27.4. The molecule has 1 fully saturated rings. The van der Waals surface area contributed by atoms with Crippen LogP contribution in [0.1, 0.15) is 31.8 Å². The summed E-state index contributed by atoms with van der Waals surface area (Å²) in [6.07, 6.45) is 7.97. The lowest BCUT2D eigenvalue weighted by Gasteiger charge is -2.26.